The smallest absolute Gasteiger partial charge is 0.237 e. The molecule has 0 aliphatic carbocycles. The van der Waals surface area contributed by atoms with Crippen LogP contribution in [0.1, 0.15) is 17.0 Å². The highest BCUT2D eigenvalue weighted by molar-refractivity contribution is 7.99. The van der Waals surface area contributed by atoms with E-state index in [1.54, 1.807) is 7.11 Å². The largest absolute Gasteiger partial charge is 0.497 e. The third-order valence-electron chi connectivity index (χ3n) is 4.83. The Labute approximate surface area is 200 Å². The van der Waals surface area contributed by atoms with Gasteiger partial charge in [0.1, 0.15) is 12.1 Å². The maximum absolute atomic E-state index is 12.5. The SMILES string of the molecule is COc1ccc2[nH]cc(CCN=C(NC(=O)CSc3ncn[nH]3)Nc3nc(C)cc(C)n3)c2c1. The van der Waals surface area contributed by atoms with Gasteiger partial charge in [0.05, 0.1) is 12.9 Å². The summed E-state index contributed by atoms with van der Waals surface area (Å²) < 4.78 is 5.34. The average Bonchev–Trinajstić information content (AvgIpc) is 3.46. The van der Waals surface area contributed by atoms with Crippen molar-refractivity contribution in [2.45, 2.75) is 25.4 Å². The van der Waals surface area contributed by atoms with Crippen molar-refractivity contribution in [3.8, 4) is 5.75 Å². The molecule has 11 nitrogen and oxygen atoms in total. The van der Waals surface area contributed by atoms with Crippen LogP contribution < -0.4 is 15.4 Å². The van der Waals surface area contributed by atoms with Crippen LogP contribution in [0.5, 0.6) is 5.75 Å². The molecule has 0 atom stereocenters. The predicted octanol–water partition coefficient (Wildman–Crippen LogP) is 2.62. The highest BCUT2D eigenvalue weighted by atomic mass is 32.2. The van der Waals surface area contributed by atoms with Gasteiger partial charge in [0.15, 0.2) is 5.16 Å². The standard InChI is InChI=1S/C22H25N9O2S/c1-13-8-14(2)28-21(27-13)30-20(29-19(32)11-34-22-25-12-26-31-22)23-7-6-15-10-24-18-5-4-16(33-3)9-17(15)18/h4-5,8-10,12,24H,6-7,11H2,1-3H3,(H,25,26,31)(H2,23,27,28,29,30,32). The monoisotopic (exact) mass is 479 g/mol. The number of H-pyrrole nitrogens is 2. The summed E-state index contributed by atoms with van der Waals surface area (Å²) in [5.74, 6) is 1.35. The highest BCUT2D eigenvalue weighted by Gasteiger charge is 2.11. The molecule has 3 aromatic heterocycles. The van der Waals surface area contributed by atoms with E-state index in [4.69, 9.17) is 4.74 Å². The molecule has 0 radical (unpaired) electrons. The summed E-state index contributed by atoms with van der Waals surface area (Å²) in [6, 6.07) is 7.77. The Morgan fingerprint density at radius 2 is 2.03 bits per heavy atom. The summed E-state index contributed by atoms with van der Waals surface area (Å²) in [6.07, 6.45) is 4.02. The van der Waals surface area contributed by atoms with Crippen LogP contribution in [0.4, 0.5) is 5.95 Å². The zero-order valence-corrected chi connectivity index (χ0v) is 19.9. The molecular formula is C22H25N9O2S. The van der Waals surface area contributed by atoms with Gasteiger partial charge < -0.3 is 9.72 Å². The first-order valence-electron chi connectivity index (χ1n) is 10.6. The second-order valence-electron chi connectivity index (χ2n) is 7.43. The van der Waals surface area contributed by atoms with Crippen molar-refractivity contribution in [2.75, 3.05) is 24.7 Å². The number of rotatable bonds is 8. The lowest BCUT2D eigenvalue weighted by Crippen LogP contribution is -2.38. The van der Waals surface area contributed by atoms with Crippen molar-refractivity contribution >= 4 is 40.5 Å². The molecule has 3 heterocycles. The fraction of sp³-hybridized carbons (Fsp3) is 0.273. The number of methoxy groups -OCH3 is 1. The summed E-state index contributed by atoms with van der Waals surface area (Å²) in [7, 11) is 1.65. The number of ether oxygens (including phenoxy) is 1. The van der Waals surface area contributed by atoms with Crippen LogP contribution in [0.3, 0.4) is 0 Å². The summed E-state index contributed by atoms with van der Waals surface area (Å²) in [4.78, 5) is 33.2. The number of nitrogens with one attached hydrogen (secondary N) is 4. The zero-order chi connectivity index (χ0) is 23.9. The Morgan fingerprint density at radius 1 is 1.21 bits per heavy atom. The number of thioether (sulfide) groups is 1. The van der Waals surface area contributed by atoms with Gasteiger partial charge in [-0.1, -0.05) is 11.8 Å². The number of benzene rings is 1. The van der Waals surface area contributed by atoms with E-state index < -0.39 is 0 Å². The number of aromatic amines is 2. The van der Waals surface area contributed by atoms with Crippen LogP contribution in [0.2, 0.25) is 0 Å². The van der Waals surface area contributed by atoms with Gasteiger partial charge in [-0.15, -0.1) is 0 Å². The van der Waals surface area contributed by atoms with Gasteiger partial charge in [-0.3, -0.25) is 25.5 Å². The van der Waals surface area contributed by atoms with Gasteiger partial charge in [0.2, 0.25) is 17.8 Å². The predicted molar refractivity (Wildman–Crippen MR) is 131 cm³/mol. The molecule has 4 rings (SSSR count). The topological polar surface area (TPSA) is 146 Å². The summed E-state index contributed by atoms with van der Waals surface area (Å²) >= 11 is 1.24. The minimum absolute atomic E-state index is 0.145. The molecule has 176 valence electrons. The molecule has 0 bridgehead atoms. The lowest BCUT2D eigenvalue weighted by Gasteiger charge is -2.11. The maximum Gasteiger partial charge on any atom is 0.237 e. The number of amides is 1. The lowest BCUT2D eigenvalue weighted by atomic mass is 10.1. The molecule has 12 heteroatoms. The molecule has 34 heavy (non-hydrogen) atoms. The number of nitrogens with zero attached hydrogens (tertiary/aromatic N) is 5. The fourth-order valence-corrected chi connectivity index (χ4v) is 3.92. The Morgan fingerprint density at radius 3 is 2.76 bits per heavy atom. The molecule has 0 saturated heterocycles. The van der Waals surface area contributed by atoms with Gasteiger partial charge in [0.25, 0.3) is 0 Å². The summed E-state index contributed by atoms with van der Waals surface area (Å²) in [5.41, 5.74) is 3.76. The van der Waals surface area contributed by atoms with Crippen molar-refractivity contribution in [3.63, 3.8) is 0 Å². The first-order chi connectivity index (χ1) is 16.5. The van der Waals surface area contributed by atoms with E-state index in [1.165, 1.54) is 18.1 Å². The average molecular weight is 480 g/mol. The number of anilines is 1. The first kappa shape index (κ1) is 23.2. The number of hydrogen-bond acceptors (Lipinski definition) is 8. The molecule has 1 aromatic carbocycles. The minimum atomic E-state index is -0.242. The number of carbonyl (C=O) groups is 1. The van der Waals surface area contributed by atoms with E-state index in [0.717, 1.165) is 33.6 Å². The van der Waals surface area contributed by atoms with Gasteiger partial charge in [-0.2, -0.15) is 5.10 Å². The first-order valence-corrected chi connectivity index (χ1v) is 11.5. The minimum Gasteiger partial charge on any atom is -0.497 e. The number of aromatic nitrogens is 6. The number of hydrogen-bond donors (Lipinski definition) is 4. The third kappa shape index (κ3) is 6.10. The van der Waals surface area contributed by atoms with Crippen LogP contribution in [0.15, 0.2) is 46.9 Å². The van der Waals surface area contributed by atoms with E-state index in [2.05, 4.69) is 45.8 Å². The molecule has 0 spiro atoms. The number of fused-ring (bicyclic) bond motifs is 1. The molecule has 0 fully saturated rings. The van der Waals surface area contributed by atoms with Gasteiger partial charge in [0, 0.05) is 35.0 Å². The Kier molecular flexibility index (Phi) is 7.38. The van der Waals surface area contributed by atoms with Crippen LogP contribution in [-0.4, -0.2) is 61.4 Å². The van der Waals surface area contributed by atoms with Crippen molar-refractivity contribution in [1.82, 2.24) is 35.5 Å². The molecule has 1 amide bonds. The maximum atomic E-state index is 12.5. The fourth-order valence-electron chi connectivity index (χ4n) is 3.34. The lowest BCUT2D eigenvalue weighted by molar-refractivity contribution is -0.117. The number of aryl methyl sites for hydroxylation is 2. The van der Waals surface area contributed by atoms with Gasteiger partial charge in [-0.25, -0.2) is 15.0 Å². The number of aliphatic imine (C=N–C) groups is 1. The van der Waals surface area contributed by atoms with E-state index in [1.807, 2.05) is 44.3 Å². The highest BCUT2D eigenvalue weighted by Crippen LogP contribution is 2.24. The third-order valence-corrected chi connectivity index (χ3v) is 5.71. The van der Waals surface area contributed by atoms with E-state index in [0.29, 0.717) is 24.1 Å². The molecule has 4 aromatic rings. The Hall–Kier alpha value is -3.93. The molecule has 0 aliphatic rings. The molecule has 0 saturated carbocycles. The molecule has 4 N–H and O–H groups in total. The second kappa shape index (κ2) is 10.8. The number of carbonyl (C=O) groups excluding carboxylic acids is 1. The summed E-state index contributed by atoms with van der Waals surface area (Å²) in [6.45, 7) is 4.20. The van der Waals surface area contributed by atoms with E-state index in [-0.39, 0.29) is 17.6 Å². The van der Waals surface area contributed by atoms with Crippen LogP contribution in [-0.2, 0) is 11.2 Å². The van der Waals surface area contributed by atoms with Crippen molar-refractivity contribution in [1.29, 1.82) is 0 Å². The Balaban J connectivity index is 1.47. The van der Waals surface area contributed by atoms with E-state index >= 15 is 0 Å². The van der Waals surface area contributed by atoms with Crippen LogP contribution >= 0.6 is 11.8 Å². The second-order valence-corrected chi connectivity index (χ2v) is 8.40. The van der Waals surface area contributed by atoms with Crippen molar-refractivity contribution in [2.24, 2.45) is 4.99 Å². The van der Waals surface area contributed by atoms with E-state index in [9.17, 15) is 4.79 Å². The van der Waals surface area contributed by atoms with Crippen LogP contribution in [0.25, 0.3) is 10.9 Å². The van der Waals surface area contributed by atoms with Crippen LogP contribution in [0, 0.1) is 13.8 Å². The quantitative estimate of drug-likeness (QED) is 0.171. The van der Waals surface area contributed by atoms with Gasteiger partial charge in [-0.05, 0) is 50.1 Å². The molecular weight excluding hydrogens is 454 g/mol. The molecule has 0 unspecified atom stereocenters. The normalized spacial score (nSPS) is 11.6. The zero-order valence-electron chi connectivity index (χ0n) is 19.0. The Bertz CT molecular complexity index is 1280. The van der Waals surface area contributed by atoms with Crippen molar-refractivity contribution in [3.05, 3.63) is 53.7 Å². The van der Waals surface area contributed by atoms with Crippen molar-refractivity contribution < 1.29 is 9.53 Å². The summed E-state index contributed by atoms with van der Waals surface area (Å²) in [5, 5.41) is 14.0. The van der Waals surface area contributed by atoms with Gasteiger partial charge >= 0.3 is 0 Å². The number of guanidine groups is 1. The molecule has 0 aliphatic heterocycles.